The zero-order valence-corrected chi connectivity index (χ0v) is 16.6. The maximum Gasteiger partial charge on any atom is 0.252 e. The zero-order valence-electron chi connectivity index (χ0n) is 16.6. The van der Waals surface area contributed by atoms with Crippen molar-refractivity contribution in [2.24, 2.45) is 0 Å². The molecule has 0 atom stereocenters. The number of piperidine rings is 1. The number of nitrogens with zero attached hydrogens (tertiary/aromatic N) is 2. The van der Waals surface area contributed by atoms with Gasteiger partial charge in [0, 0.05) is 35.9 Å². The molecule has 4 nitrogen and oxygen atoms in total. The Hall–Kier alpha value is -2.88. The first-order chi connectivity index (χ1) is 13.6. The lowest BCUT2D eigenvalue weighted by molar-refractivity contribution is 0.0932. The van der Waals surface area contributed by atoms with Gasteiger partial charge >= 0.3 is 0 Å². The van der Waals surface area contributed by atoms with Crippen LogP contribution in [0.2, 0.25) is 0 Å². The first kappa shape index (κ1) is 18.5. The maximum atomic E-state index is 13.1. The molecule has 0 saturated carbocycles. The van der Waals surface area contributed by atoms with Crippen molar-refractivity contribution in [2.45, 2.75) is 39.2 Å². The fourth-order valence-electron chi connectivity index (χ4n) is 4.00. The summed E-state index contributed by atoms with van der Waals surface area (Å²) in [5.41, 5.74) is 4.99. The van der Waals surface area contributed by atoms with Gasteiger partial charge in [-0.25, -0.2) is 0 Å². The molecule has 1 aliphatic heterocycles. The molecular weight excluding hydrogens is 346 g/mol. The molecule has 0 aliphatic carbocycles. The number of nitrogens with one attached hydrogen (secondary N) is 1. The molecule has 1 amide bonds. The van der Waals surface area contributed by atoms with Gasteiger partial charge in [-0.3, -0.25) is 9.78 Å². The van der Waals surface area contributed by atoms with E-state index in [1.165, 1.54) is 11.3 Å². The molecule has 0 radical (unpaired) electrons. The zero-order chi connectivity index (χ0) is 19.5. The lowest BCUT2D eigenvalue weighted by Gasteiger charge is -2.34. The number of carbonyl (C=O) groups excluding carboxylic acids is 1. The molecule has 2 heterocycles. The standard InChI is InChI=1S/C24H27N3O/c1-3-18-9-10-23-21(16-18)22(15-17(2)25-23)24(28)26-19-11-13-27(14-12-19)20-7-5-4-6-8-20/h4-10,15-16,19H,3,11-14H2,1-2H3,(H,26,28). The number of aryl methyl sites for hydroxylation is 2. The number of benzene rings is 2. The third-order valence-electron chi connectivity index (χ3n) is 5.61. The number of hydrogen-bond donors (Lipinski definition) is 1. The third kappa shape index (κ3) is 3.86. The fourth-order valence-corrected chi connectivity index (χ4v) is 4.00. The second kappa shape index (κ2) is 8.01. The summed E-state index contributed by atoms with van der Waals surface area (Å²) in [6.07, 6.45) is 2.87. The number of pyridine rings is 1. The average molecular weight is 374 g/mol. The third-order valence-corrected chi connectivity index (χ3v) is 5.61. The molecule has 0 bridgehead atoms. The Balaban J connectivity index is 1.48. The predicted octanol–water partition coefficient (Wildman–Crippen LogP) is 4.50. The highest BCUT2D eigenvalue weighted by Crippen LogP contribution is 2.23. The molecule has 3 aromatic rings. The second-order valence-corrected chi connectivity index (χ2v) is 7.59. The molecule has 4 rings (SSSR count). The van der Waals surface area contributed by atoms with Crippen molar-refractivity contribution in [3.63, 3.8) is 0 Å². The van der Waals surface area contributed by atoms with Gasteiger partial charge in [0.05, 0.1) is 11.1 Å². The number of anilines is 1. The molecular formula is C24H27N3O. The summed E-state index contributed by atoms with van der Waals surface area (Å²) in [6, 6.07) is 18.8. The van der Waals surface area contributed by atoms with Gasteiger partial charge in [0.2, 0.25) is 0 Å². The Morgan fingerprint density at radius 3 is 2.57 bits per heavy atom. The van der Waals surface area contributed by atoms with Crippen LogP contribution in [0.5, 0.6) is 0 Å². The molecule has 0 spiro atoms. The molecule has 0 unspecified atom stereocenters. The Labute approximate surface area is 166 Å². The van der Waals surface area contributed by atoms with Crippen LogP contribution in [0.4, 0.5) is 5.69 Å². The van der Waals surface area contributed by atoms with Gasteiger partial charge in [-0.2, -0.15) is 0 Å². The van der Waals surface area contributed by atoms with E-state index in [1.54, 1.807) is 0 Å². The van der Waals surface area contributed by atoms with Gasteiger partial charge in [0.25, 0.3) is 5.91 Å². The number of amides is 1. The summed E-state index contributed by atoms with van der Waals surface area (Å²) in [7, 11) is 0. The van der Waals surface area contributed by atoms with E-state index in [9.17, 15) is 4.79 Å². The first-order valence-corrected chi connectivity index (χ1v) is 10.1. The van der Waals surface area contributed by atoms with Crippen molar-refractivity contribution in [3.8, 4) is 0 Å². The monoisotopic (exact) mass is 373 g/mol. The Morgan fingerprint density at radius 1 is 1.11 bits per heavy atom. The van der Waals surface area contributed by atoms with Crippen molar-refractivity contribution >= 4 is 22.5 Å². The molecule has 1 aromatic heterocycles. The van der Waals surface area contributed by atoms with E-state index in [0.717, 1.165) is 54.5 Å². The average Bonchev–Trinajstić information content (AvgIpc) is 2.74. The molecule has 1 fully saturated rings. The molecule has 4 heteroatoms. The van der Waals surface area contributed by atoms with E-state index in [1.807, 2.05) is 25.1 Å². The summed E-state index contributed by atoms with van der Waals surface area (Å²) in [4.78, 5) is 20.1. The Morgan fingerprint density at radius 2 is 1.86 bits per heavy atom. The molecule has 2 aromatic carbocycles. The molecule has 28 heavy (non-hydrogen) atoms. The minimum atomic E-state index is 0.0157. The Bertz CT molecular complexity index is 976. The van der Waals surface area contributed by atoms with Crippen molar-refractivity contribution in [1.29, 1.82) is 0 Å². The molecule has 1 aliphatic rings. The summed E-state index contributed by atoms with van der Waals surface area (Å²) in [6.45, 7) is 6.00. The van der Waals surface area contributed by atoms with E-state index in [4.69, 9.17) is 0 Å². The summed E-state index contributed by atoms with van der Waals surface area (Å²) < 4.78 is 0. The minimum absolute atomic E-state index is 0.0157. The van der Waals surface area contributed by atoms with Gasteiger partial charge in [0.15, 0.2) is 0 Å². The van der Waals surface area contributed by atoms with Crippen LogP contribution in [0, 0.1) is 6.92 Å². The maximum absolute atomic E-state index is 13.1. The predicted molar refractivity (Wildman–Crippen MR) is 115 cm³/mol. The topological polar surface area (TPSA) is 45.2 Å². The lowest BCUT2D eigenvalue weighted by atomic mass is 10.0. The first-order valence-electron chi connectivity index (χ1n) is 10.1. The van der Waals surface area contributed by atoms with Crippen LogP contribution in [-0.2, 0) is 6.42 Å². The molecule has 144 valence electrons. The number of aromatic nitrogens is 1. The number of para-hydroxylation sites is 1. The van der Waals surface area contributed by atoms with Crippen LogP contribution < -0.4 is 10.2 Å². The molecule has 1 saturated heterocycles. The second-order valence-electron chi connectivity index (χ2n) is 7.59. The highest BCUT2D eigenvalue weighted by atomic mass is 16.1. The normalized spacial score (nSPS) is 15.0. The summed E-state index contributed by atoms with van der Waals surface area (Å²) >= 11 is 0. The number of rotatable bonds is 4. The van der Waals surface area contributed by atoms with Gasteiger partial charge in [0.1, 0.15) is 0 Å². The highest BCUT2D eigenvalue weighted by Gasteiger charge is 2.22. The van der Waals surface area contributed by atoms with Crippen LogP contribution in [0.1, 0.15) is 41.4 Å². The van der Waals surface area contributed by atoms with Crippen LogP contribution in [-0.4, -0.2) is 30.0 Å². The van der Waals surface area contributed by atoms with E-state index < -0.39 is 0 Å². The van der Waals surface area contributed by atoms with Gasteiger partial charge in [-0.05, 0) is 62.1 Å². The van der Waals surface area contributed by atoms with Gasteiger partial charge in [-0.15, -0.1) is 0 Å². The largest absolute Gasteiger partial charge is 0.371 e. The quantitative estimate of drug-likeness (QED) is 0.732. The smallest absolute Gasteiger partial charge is 0.252 e. The minimum Gasteiger partial charge on any atom is -0.371 e. The number of hydrogen-bond acceptors (Lipinski definition) is 3. The molecule has 1 N–H and O–H groups in total. The van der Waals surface area contributed by atoms with E-state index in [-0.39, 0.29) is 11.9 Å². The van der Waals surface area contributed by atoms with Crippen LogP contribution in [0.3, 0.4) is 0 Å². The lowest BCUT2D eigenvalue weighted by Crippen LogP contribution is -2.44. The summed E-state index contributed by atoms with van der Waals surface area (Å²) in [5.74, 6) is 0.0157. The van der Waals surface area contributed by atoms with Crippen molar-refractivity contribution < 1.29 is 4.79 Å². The number of carbonyl (C=O) groups is 1. The van der Waals surface area contributed by atoms with E-state index >= 15 is 0 Å². The number of fused-ring (bicyclic) bond motifs is 1. The van der Waals surface area contributed by atoms with Crippen LogP contribution in [0.25, 0.3) is 10.9 Å². The van der Waals surface area contributed by atoms with Crippen molar-refractivity contribution in [2.75, 3.05) is 18.0 Å². The Kier molecular flexibility index (Phi) is 5.29. The van der Waals surface area contributed by atoms with Gasteiger partial charge in [-0.1, -0.05) is 31.2 Å². The van der Waals surface area contributed by atoms with E-state index in [0.29, 0.717) is 0 Å². The summed E-state index contributed by atoms with van der Waals surface area (Å²) in [5, 5.41) is 4.22. The van der Waals surface area contributed by atoms with Crippen LogP contribution >= 0.6 is 0 Å². The van der Waals surface area contributed by atoms with Crippen LogP contribution in [0.15, 0.2) is 54.6 Å². The SMILES string of the molecule is CCc1ccc2nc(C)cc(C(=O)NC3CCN(c4ccccc4)CC3)c2c1. The van der Waals surface area contributed by atoms with Gasteiger partial charge < -0.3 is 10.2 Å². The van der Waals surface area contributed by atoms with Crippen molar-refractivity contribution in [1.82, 2.24) is 10.3 Å². The fraction of sp³-hybridized carbons (Fsp3) is 0.333. The highest BCUT2D eigenvalue weighted by molar-refractivity contribution is 6.06. The van der Waals surface area contributed by atoms with Crippen molar-refractivity contribution in [3.05, 3.63) is 71.4 Å². The van der Waals surface area contributed by atoms with E-state index in [2.05, 4.69) is 58.5 Å².